The summed E-state index contributed by atoms with van der Waals surface area (Å²) in [6.45, 7) is 1.59. The number of hydrogen-bond donors (Lipinski definition) is 1. The number of H-pyrrole nitrogens is 1. The number of fused-ring (bicyclic) bond motifs is 3. The first-order valence-electron chi connectivity index (χ1n) is 10.2. The molecule has 1 N–H and O–H groups in total. The van der Waals surface area contributed by atoms with Crippen molar-refractivity contribution >= 4 is 21.6 Å². The maximum atomic E-state index is 12.8. The Morgan fingerprint density at radius 1 is 1.24 bits per heavy atom. The number of nitrogens with one attached hydrogen (secondary N) is 1. The van der Waals surface area contributed by atoms with Crippen LogP contribution < -0.4 is 15.0 Å². The molecule has 0 amide bonds. The van der Waals surface area contributed by atoms with E-state index in [-0.39, 0.29) is 11.6 Å². The highest BCUT2D eigenvalue weighted by Gasteiger charge is 2.30. The van der Waals surface area contributed by atoms with Crippen LogP contribution >= 0.6 is 11.3 Å². The maximum absolute atomic E-state index is 12.8. The van der Waals surface area contributed by atoms with Gasteiger partial charge in [0.25, 0.3) is 5.56 Å². The highest BCUT2D eigenvalue weighted by Crippen LogP contribution is 2.40. The fourth-order valence-electron chi connectivity index (χ4n) is 4.78. The normalized spacial score (nSPS) is 19.0. The Hall–Kier alpha value is -2.38. The molecular formula is C22H25N3O3S. The molecule has 0 unspecified atom stereocenters. The van der Waals surface area contributed by atoms with Crippen molar-refractivity contribution in [2.75, 3.05) is 20.8 Å². The fourth-order valence-corrected chi connectivity index (χ4v) is 6.06. The number of benzene rings is 1. The molecule has 5 rings (SSSR count). The van der Waals surface area contributed by atoms with Crippen LogP contribution in [0.3, 0.4) is 0 Å². The monoisotopic (exact) mass is 411 g/mol. The van der Waals surface area contributed by atoms with Gasteiger partial charge in [0.1, 0.15) is 22.2 Å². The molecule has 6 nitrogen and oxygen atoms in total. The number of methoxy groups -OCH3 is 2. The van der Waals surface area contributed by atoms with Crippen molar-refractivity contribution < 1.29 is 9.47 Å². The number of aromatic nitrogens is 2. The molecule has 1 atom stereocenters. The summed E-state index contributed by atoms with van der Waals surface area (Å²) in [7, 11) is 3.38. The summed E-state index contributed by atoms with van der Waals surface area (Å²) in [5.74, 6) is 2.44. The van der Waals surface area contributed by atoms with Crippen molar-refractivity contribution in [1.29, 1.82) is 0 Å². The summed E-state index contributed by atoms with van der Waals surface area (Å²) in [4.78, 5) is 25.3. The van der Waals surface area contributed by atoms with E-state index in [4.69, 9.17) is 14.5 Å². The van der Waals surface area contributed by atoms with Gasteiger partial charge in [0.15, 0.2) is 0 Å². The van der Waals surface area contributed by atoms with Gasteiger partial charge in [-0.1, -0.05) is 0 Å². The molecular weight excluding hydrogens is 386 g/mol. The van der Waals surface area contributed by atoms with Crippen LogP contribution in [0.4, 0.5) is 0 Å². The Kier molecular flexibility index (Phi) is 4.80. The molecule has 29 heavy (non-hydrogen) atoms. The Morgan fingerprint density at radius 3 is 2.97 bits per heavy atom. The number of aryl methyl sites for hydroxylation is 2. The average Bonchev–Trinajstić information content (AvgIpc) is 3.43. The van der Waals surface area contributed by atoms with E-state index in [1.54, 1.807) is 25.6 Å². The largest absolute Gasteiger partial charge is 0.497 e. The number of ether oxygens (including phenoxy) is 2. The maximum Gasteiger partial charge on any atom is 0.259 e. The molecule has 1 saturated heterocycles. The van der Waals surface area contributed by atoms with Gasteiger partial charge in [0, 0.05) is 16.5 Å². The van der Waals surface area contributed by atoms with Gasteiger partial charge in [-0.25, -0.2) is 4.98 Å². The molecule has 1 aromatic carbocycles. The third-order valence-electron chi connectivity index (χ3n) is 6.14. The smallest absolute Gasteiger partial charge is 0.259 e. The number of nitrogens with zero attached hydrogens (tertiary/aromatic N) is 2. The fraction of sp³-hybridized carbons (Fsp3) is 0.455. The lowest BCUT2D eigenvalue weighted by Crippen LogP contribution is -2.26. The topological polar surface area (TPSA) is 67.5 Å². The van der Waals surface area contributed by atoms with E-state index in [2.05, 4.69) is 16.0 Å². The van der Waals surface area contributed by atoms with E-state index >= 15 is 0 Å². The second-order valence-electron chi connectivity index (χ2n) is 7.79. The van der Waals surface area contributed by atoms with Crippen LogP contribution in [0.1, 0.15) is 47.1 Å². The Labute approximate surface area is 173 Å². The zero-order valence-electron chi connectivity index (χ0n) is 16.8. The number of aromatic amines is 1. The number of thiophene rings is 1. The molecule has 2 aliphatic rings. The molecule has 0 radical (unpaired) electrons. The minimum atomic E-state index is 0.0131. The molecule has 152 valence electrons. The molecule has 7 heteroatoms. The molecule has 1 fully saturated rings. The highest BCUT2D eigenvalue weighted by atomic mass is 32.1. The summed E-state index contributed by atoms with van der Waals surface area (Å²) < 4.78 is 11.0. The van der Waals surface area contributed by atoms with E-state index in [9.17, 15) is 4.79 Å². The number of likely N-dealkylation sites (tertiary alicyclic amines) is 1. The molecule has 0 spiro atoms. The summed E-state index contributed by atoms with van der Waals surface area (Å²) in [5, 5.41) is 0.818. The summed E-state index contributed by atoms with van der Waals surface area (Å²) in [6, 6.07) is 6.16. The standard InChI is InChI=1S/C22H25N3O3S/c1-27-13-8-9-17(28-2)15(11-13)16-6-4-10-25(16)12-19-23-21(26)20-14-5-3-7-18(14)29-22(20)24-19/h8-9,11,16H,3-7,10,12H2,1-2H3,(H,23,24,26)/t16-/m1/s1. The van der Waals surface area contributed by atoms with Gasteiger partial charge in [-0.2, -0.15) is 0 Å². The Balaban J connectivity index is 1.47. The third kappa shape index (κ3) is 3.22. The molecule has 2 aromatic heterocycles. The zero-order chi connectivity index (χ0) is 20.0. The SMILES string of the molecule is COc1ccc(OC)c([C@H]2CCCN2Cc2nc3sc4c(c3c(=O)[nH]2)CCC4)c1. The second-order valence-corrected chi connectivity index (χ2v) is 8.87. The molecule has 1 aliphatic carbocycles. The van der Waals surface area contributed by atoms with Gasteiger partial charge < -0.3 is 14.5 Å². The molecule has 0 bridgehead atoms. The lowest BCUT2D eigenvalue weighted by atomic mass is 10.0. The minimum Gasteiger partial charge on any atom is -0.497 e. The Bertz CT molecular complexity index is 1120. The molecule has 3 aromatic rings. The van der Waals surface area contributed by atoms with Gasteiger partial charge in [0.2, 0.25) is 0 Å². The summed E-state index contributed by atoms with van der Waals surface area (Å²) >= 11 is 1.69. The van der Waals surface area contributed by atoms with E-state index < -0.39 is 0 Å². The van der Waals surface area contributed by atoms with Crippen molar-refractivity contribution in [2.45, 2.75) is 44.7 Å². The van der Waals surface area contributed by atoms with E-state index in [0.29, 0.717) is 6.54 Å². The summed E-state index contributed by atoms with van der Waals surface area (Å²) in [5.41, 5.74) is 2.37. The lowest BCUT2D eigenvalue weighted by Gasteiger charge is -2.26. The van der Waals surface area contributed by atoms with Crippen LogP contribution in [0.25, 0.3) is 10.2 Å². The van der Waals surface area contributed by atoms with Crippen LogP contribution in [0.2, 0.25) is 0 Å². The van der Waals surface area contributed by atoms with Gasteiger partial charge in [-0.05, 0) is 62.4 Å². The zero-order valence-corrected chi connectivity index (χ0v) is 17.6. The van der Waals surface area contributed by atoms with Crippen molar-refractivity contribution in [2.24, 2.45) is 0 Å². The van der Waals surface area contributed by atoms with Gasteiger partial charge in [-0.3, -0.25) is 9.69 Å². The molecule has 1 aliphatic heterocycles. The first-order chi connectivity index (χ1) is 14.2. The van der Waals surface area contributed by atoms with Crippen molar-refractivity contribution in [3.05, 3.63) is 50.4 Å². The van der Waals surface area contributed by atoms with Crippen LogP contribution in [-0.4, -0.2) is 35.6 Å². The average molecular weight is 412 g/mol. The predicted molar refractivity (Wildman–Crippen MR) is 114 cm³/mol. The van der Waals surface area contributed by atoms with Crippen molar-refractivity contribution in [3.8, 4) is 11.5 Å². The van der Waals surface area contributed by atoms with E-state index in [0.717, 1.165) is 71.8 Å². The summed E-state index contributed by atoms with van der Waals surface area (Å²) in [6.07, 6.45) is 5.38. The highest BCUT2D eigenvalue weighted by molar-refractivity contribution is 7.18. The number of hydrogen-bond acceptors (Lipinski definition) is 6. The van der Waals surface area contributed by atoms with Crippen LogP contribution in [0.5, 0.6) is 11.5 Å². The number of rotatable bonds is 5. The molecule has 0 saturated carbocycles. The van der Waals surface area contributed by atoms with Gasteiger partial charge in [0.05, 0.1) is 26.2 Å². The van der Waals surface area contributed by atoms with Crippen LogP contribution in [0, 0.1) is 0 Å². The van der Waals surface area contributed by atoms with Gasteiger partial charge >= 0.3 is 0 Å². The van der Waals surface area contributed by atoms with Gasteiger partial charge in [-0.15, -0.1) is 11.3 Å². The molecule has 3 heterocycles. The first-order valence-corrected chi connectivity index (χ1v) is 11.0. The second kappa shape index (κ2) is 7.46. The van der Waals surface area contributed by atoms with E-state index in [1.165, 1.54) is 10.4 Å². The predicted octanol–water partition coefficient (Wildman–Crippen LogP) is 3.83. The first kappa shape index (κ1) is 18.6. The van der Waals surface area contributed by atoms with Crippen molar-refractivity contribution in [1.82, 2.24) is 14.9 Å². The third-order valence-corrected chi connectivity index (χ3v) is 7.32. The Morgan fingerprint density at radius 2 is 2.14 bits per heavy atom. The minimum absolute atomic E-state index is 0.0131. The van der Waals surface area contributed by atoms with Crippen LogP contribution in [-0.2, 0) is 19.4 Å². The van der Waals surface area contributed by atoms with Crippen LogP contribution in [0.15, 0.2) is 23.0 Å². The lowest BCUT2D eigenvalue weighted by molar-refractivity contribution is 0.236. The van der Waals surface area contributed by atoms with E-state index in [1.807, 2.05) is 12.1 Å². The van der Waals surface area contributed by atoms with Crippen molar-refractivity contribution in [3.63, 3.8) is 0 Å². The quantitative estimate of drug-likeness (QED) is 0.691.